The van der Waals surface area contributed by atoms with Crippen molar-refractivity contribution >= 4 is 55.2 Å². The molecule has 24 heavy (non-hydrogen) atoms. The summed E-state index contributed by atoms with van der Waals surface area (Å²) in [7, 11) is -3.69. The van der Waals surface area contributed by atoms with Crippen molar-refractivity contribution in [2.24, 2.45) is 0 Å². The van der Waals surface area contributed by atoms with E-state index in [4.69, 9.17) is 11.6 Å². The second kappa shape index (κ2) is 5.47. The van der Waals surface area contributed by atoms with Gasteiger partial charge in [-0.2, -0.15) is 8.75 Å². The zero-order chi connectivity index (χ0) is 16.9. The van der Waals surface area contributed by atoms with Crippen molar-refractivity contribution in [2.75, 3.05) is 0 Å². The number of aromatic amines is 1. The Balaban J connectivity index is 1.82. The van der Waals surface area contributed by atoms with Gasteiger partial charge in [-0.15, -0.1) is 0 Å². The number of benzene rings is 1. The average molecular weight is 383 g/mol. The minimum absolute atomic E-state index is 0.0834. The van der Waals surface area contributed by atoms with Crippen molar-refractivity contribution in [2.45, 2.75) is 10.6 Å². The summed E-state index contributed by atoms with van der Waals surface area (Å²) in [5, 5.41) is 0.719. The lowest BCUT2D eigenvalue weighted by molar-refractivity contribution is 0.596. The van der Waals surface area contributed by atoms with Crippen LogP contribution in [0.3, 0.4) is 0 Å². The smallest absolute Gasteiger partial charge is 0.184 e. The molecule has 4 aromatic rings. The fraction of sp³-hybridized carbons (Fsp3) is 0.0714. The van der Waals surface area contributed by atoms with E-state index in [1.54, 1.807) is 6.07 Å². The van der Waals surface area contributed by atoms with Crippen molar-refractivity contribution in [1.29, 1.82) is 0 Å². The fourth-order valence-electron chi connectivity index (χ4n) is 2.50. The highest BCUT2D eigenvalue weighted by Crippen LogP contribution is 2.28. The Labute approximate surface area is 144 Å². The molecule has 0 fully saturated rings. The number of aromatic nitrogens is 4. The van der Waals surface area contributed by atoms with Crippen LogP contribution in [0.5, 0.6) is 0 Å². The topological polar surface area (TPSA) is 88.6 Å². The lowest BCUT2D eigenvalue weighted by Gasteiger charge is -2.04. The molecule has 0 unspecified atom stereocenters. The molecule has 0 saturated heterocycles. The Morgan fingerprint density at radius 2 is 1.96 bits per heavy atom. The molecule has 6 nitrogen and oxygen atoms in total. The summed E-state index contributed by atoms with van der Waals surface area (Å²) >= 11 is 6.65. The van der Waals surface area contributed by atoms with Crippen molar-refractivity contribution in [3.63, 3.8) is 0 Å². The molecular formula is C14H8ClFN4O2S2. The fourth-order valence-corrected chi connectivity index (χ4v) is 4.76. The summed E-state index contributed by atoms with van der Waals surface area (Å²) in [4.78, 5) is 6.96. The summed E-state index contributed by atoms with van der Waals surface area (Å²) in [6, 6.07) is 5.74. The molecule has 0 saturated carbocycles. The zero-order valence-electron chi connectivity index (χ0n) is 11.8. The van der Waals surface area contributed by atoms with Gasteiger partial charge in [0.15, 0.2) is 15.7 Å². The van der Waals surface area contributed by atoms with Gasteiger partial charge in [0.2, 0.25) is 0 Å². The summed E-state index contributed by atoms with van der Waals surface area (Å²) in [5.41, 5.74) is 1.14. The molecule has 0 atom stereocenters. The van der Waals surface area contributed by atoms with Crippen LogP contribution in [0, 0.1) is 5.82 Å². The minimum atomic E-state index is -3.69. The lowest BCUT2D eigenvalue weighted by atomic mass is 10.2. The zero-order valence-corrected chi connectivity index (χ0v) is 14.2. The molecule has 10 heteroatoms. The SMILES string of the molecule is O=S(=O)(Cc1ccc(F)c2nsnc12)c1c[nH]c2nc(Cl)ccc12. The molecule has 122 valence electrons. The number of H-pyrrole nitrogens is 1. The number of sulfone groups is 1. The first-order chi connectivity index (χ1) is 11.5. The molecule has 3 heterocycles. The van der Waals surface area contributed by atoms with Crippen LogP contribution < -0.4 is 0 Å². The van der Waals surface area contributed by atoms with Gasteiger partial charge in [0.1, 0.15) is 21.8 Å². The number of fused-ring (bicyclic) bond motifs is 2. The van der Waals surface area contributed by atoms with Gasteiger partial charge in [0, 0.05) is 11.6 Å². The number of hydrogen-bond donors (Lipinski definition) is 1. The molecule has 0 radical (unpaired) electrons. The van der Waals surface area contributed by atoms with Gasteiger partial charge in [0.05, 0.1) is 22.4 Å². The molecule has 4 rings (SSSR count). The predicted octanol–water partition coefficient (Wildman–Crippen LogP) is 3.33. The Hall–Kier alpha value is -2.10. The quantitative estimate of drug-likeness (QED) is 0.549. The van der Waals surface area contributed by atoms with Crippen LogP contribution in [-0.2, 0) is 15.6 Å². The van der Waals surface area contributed by atoms with Gasteiger partial charge in [-0.05, 0) is 23.8 Å². The first-order valence-electron chi connectivity index (χ1n) is 6.72. The van der Waals surface area contributed by atoms with Gasteiger partial charge in [0.25, 0.3) is 0 Å². The van der Waals surface area contributed by atoms with Crippen LogP contribution in [0.4, 0.5) is 4.39 Å². The number of nitrogens with one attached hydrogen (secondary N) is 1. The molecule has 0 aliphatic carbocycles. The predicted molar refractivity (Wildman–Crippen MR) is 89.4 cm³/mol. The molecule has 0 spiro atoms. The van der Waals surface area contributed by atoms with Crippen LogP contribution in [0.15, 0.2) is 35.4 Å². The van der Waals surface area contributed by atoms with Crippen molar-refractivity contribution in [3.05, 3.63) is 47.0 Å². The largest absolute Gasteiger partial charge is 0.345 e. The van der Waals surface area contributed by atoms with Crippen LogP contribution >= 0.6 is 23.3 Å². The molecule has 1 aromatic carbocycles. The lowest BCUT2D eigenvalue weighted by Crippen LogP contribution is -2.05. The van der Waals surface area contributed by atoms with Crippen molar-refractivity contribution in [3.8, 4) is 0 Å². The third-order valence-electron chi connectivity index (χ3n) is 3.60. The molecule has 1 N–H and O–H groups in total. The second-order valence-corrected chi connectivity index (χ2v) is 7.98. The number of halogens is 2. The Bertz CT molecular complexity index is 1190. The highest BCUT2D eigenvalue weighted by molar-refractivity contribution is 7.90. The first-order valence-corrected chi connectivity index (χ1v) is 9.48. The van der Waals surface area contributed by atoms with E-state index in [-0.39, 0.29) is 26.8 Å². The van der Waals surface area contributed by atoms with Gasteiger partial charge in [-0.1, -0.05) is 17.7 Å². The van der Waals surface area contributed by atoms with E-state index in [1.165, 1.54) is 24.4 Å². The molecule has 0 bridgehead atoms. The molecule has 3 aromatic heterocycles. The maximum absolute atomic E-state index is 13.7. The van der Waals surface area contributed by atoms with E-state index in [0.717, 1.165) is 11.7 Å². The molecule has 0 amide bonds. The van der Waals surface area contributed by atoms with Crippen LogP contribution in [-0.4, -0.2) is 27.1 Å². The maximum atomic E-state index is 13.7. The first kappa shape index (κ1) is 15.4. The number of nitrogens with zero attached hydrogens (tertiary/aromatic N) is 3. The Kier molecular flexibility index (Phi) is 3.52. The van der Waals surface area contributed by atoms with E-state index < -0.39 is 15.7 Å². The third kappa shape index (κ3) is 2.45. The van der Waals surface area contributed by atoms with Crippen LogP contribution in [0.1, 0.15) is 5.56 Å². The third-order valence-corrected chi connectivity index (χ3v) is 6.03. The van der Waals surface area contributed by atoms with Crippen LogP contribution in [0.25, 0.3) is 22.1 Å². The monoisotopic (exact) mass is 382 g/mol. The highest BCUT2D eigenvalue weighted by atomic mass is 35.5. The van der Waals surface area contributed by atoms with Gasteiger partial charge in [-0.3, -0.25) is 0 Å². The molecular weight excluding hydrogens is 375 g/mol. The standard InChI is InChI=1S/C14H8ClFN4O2S2/c15-11-4-2-8-10(5-17-14(8)18-11)24(21,22)6-7-1-3-9(16)13-12(7)19-23-20-13/h1-5H,6H2,(H,17,18). The number of hydrogen-bond acceptors (Lipinski definition) is 6. The van der Waals surface area contributed by atoms with Gasteiger partial charge in [-0.25, -0.2) is 17.8 Å². The second-order valence-electron chi connectivity index (χ2n) is 5.11. The minimum Gasteiger partial charge on any atom is -0.345 e. The summed E-state index contributed by atoms with van der Waals surface area (Å²) in [6.07, 6.45) is 1.38. The van der Waals surface area contributed by atoms with E-state index in [2.05, 4.69) is 18.7 Å². The van der Waals surface area contributed by atoms with Crippen LogP contribution in [0.2, 0.25) is 5.15 Å². The Morgan fingerprint density at radius 3 is 2.79 bits per heavy atom. The van der Waals surface area contributed by atoms with Crippen molar-refractivity contribution < 1.29 is 12.8 Å². The van der Waals surface area contributed by atoms with Crippen molar-refractivity contribution in [1.82, 2.24) is 18.7 Å². The van der Waals surface area contributed by atoms with E-state index in [1.807, 2.05) is 0 Å². The van der Waals surface area contributed by atoms with E-state index in [9.17, 15) is 12.8 Å². The summed E-state index contributed by atoms with van der Waals surface area (Å²) < 4.78 is 47.1. The maximum Gasteiger partial charge on any atom is 0.184 e. The van der Waals surface area contributed by atoms with Gasteiger partial charge < -0.3 is 4.98 Å². The normalized spacial score (nSPS) is 12.2. The van der Waals surface area contributed by atoms with E-state index in [0.29, 0.717) is 16.6 Å². The number of rotatable bonds is 3. The Morgan fingerprint density at radius 1 is 1.17 bits per heavy atom. The number of pyridine rings is 1. The molecule has 0 aliphatic rings. The summed E-state index contributed by atoms with van der Waals surface area (Å²) in [5.74, 6) is -0.837. The van der Waals surface area contributed by atoms with E-state index >= 15 is 0 Å². The summed E-state index contributed by atoms with van der Waals surface area (Å²) in [6.45, 7) is 0. The highest BCUT2D eigenvalue weighted by Gasteiger charge is 2.23. The average Bonchev–Trinajstić information content (AvgIpc) is 3.17. The molecule has 0 aliphatic heterocycles. The van der Waals surface area contributed by atoms with Gasteiger partial charge >= 0.3 is 0 Å².